The van der Waals surface area contributed by atoms with Crippen molar-refractivity contribution in [2.75, 3.05) is 17.7 Å². The first-order valence-corrected chi connectivity index (χ1v) is 12.5. The van der Waals surface area contributed by atoms with Gasteiger partial charge in [0, 0.05) is 27.5 Å². The highest BCUT2D eigenvalue weighted by Gasteiger charge is 2.19. The molecule has 0 aliphatic heterocycles. The fraction of sp³-hybridized carbons (Fsp3) is 0.364. The van der Waals surface area contributed by atoms with Crippen molar-refractivity contribution in [3.8, 4) is 0 Å². The molecular weight excluding hydrogens is 528 g/mol. The van der Waals surface area contributed by atoms with Gasteiger partial charge in [-0.1, -0.05) is 28.8 Å². The smallest absolute Gasteiger partial charge is 0.306 e. The van der Waals surface area contributed by atoms with E-state index < -0.39 is 4.92 Å². The van der Waals surface area contributed by atoms with E-state index in [4.69, 9.17) is 4.74 Å². The number of anilines is 1. The first-order valence-electron chi connectivity index (χ1n) is 10.7. The molecule has 180 valence electrons. The van der Waals surface area contributed by atoms with Crippen molar-refractivity contribution >= 4 is 62.0 Å². The van der Waals surface area contributed by atoms with Crippen LogP contribution in [0.2, 0.25) is 0 Å². The number of hydrogen-bond acceptors (Lipinski definition) is 9. The molecule has 0 bridgehead atoms. The van der Waals surface area contributed by atoms with Gasteiger partial charge in [-0.15, -0.1) is 11.8 Å². The molecule has 3 aromatic rings. The number of fused-ring (bicyclic) bond motifs is 1. The summed E-state index contributed by atoms with van der Waals surface area (Å²) in [6.45, 7) is 0.327. The number of nitrogens with one attached hydrogen (secondary N) is 1. The topological polar surface area (TPSA) is 137 Å². The van der Waals surface area contributed by atoms with Crippen LogP contribution in [0.15, 0.2) is 50.4 Å². The van der Waals surface area contributed by atoms with E-state index in [0.717, 1.165) is 40.8 Å². The van der Waals surface area contributed by atoms with E-state index in [1.54, 1.807) is 30.0 Å². The third-order valence-corrected chi connectivity index (χ3v) is 6.46. The molecule has 34 heavy (non-hydrogen) atoms. The van der Waals surface area contributed by atoms with Gasteiger partial charge in [0.2, 0.25) is 11.4 Å². The number of rotatable bonds is 13. The molecule has 2 aromatic carbocycles. The molecule has 1 heterocycles. The average molecular weight is 551 g/mol. The third kappa shape index (κ3) is 7.80. The molecule has 0 aliphatic carbocycles. The van der Waals surface area contributed by atoms with Crippen LogP contribution in [0.25, 0.3) is 11.0 Å². The van der Waals surface area contributed by atoms with Crippen molar-refractivity contribution in [3.05, 3.63) is 51.0 Å². The van der Waals surface area contributed by atoms with Gasteiger partial charge in [-0.05, 0) is 59.2 Å². The summed E-state index contributed by atoms with van der Waals surface area (Å²) in [5, 5.41) is 21.2. The van der Waals surface area contributed by atoms with Crippen molar-refractivity contribution in [1.82, 2.24) is 10.3 Å². The first-order chi connectivity index (χ1) is 16.4. The van der Waals surface area contributed by atoms with E-state index in [1.807, 2.05) is 12.1 Å². The number of amides is 1. The summed E-state index contributed by atoms with van der Waals surface area (Å²) < 4.78 is 10.8. The van der Waals surface area contributed by atoms with Crippen LogP contribution < -0.4 is 5.32 Å². The van der Waals surface area contributed by atoms with Crippen molar-refractivity contribution in [2.24, 2.45) is 0 Å². The van der Waals surface area contributed by atoms with Crippen LogP contribution in [0.1, 0.15) is 38.5 Å². The Balaban J connectivity index is 1.24. The molecule has 3 rings (SSSR count). The second kappa shape index (κ2) is 13.0. The highest BCUT2D eigenvalue weighted by molar-refractivity contribution is 9.10. The Morgan fingerprint density at radius 3 is 2.53 bits per heavy atom. The Labute approximate surface area is 208 Å². The van der Waals surface area contributed by atoms with Crippen LogP contribution in [0.3, 0.4) is 0 Å². The molecular formula is C22H23BrN4O6S. The van der Waals surface area contributed by atoms with E-state index in [-0.39, 0.29) is 35.9 Å². The molecule has 0 radical (unpaired) electrons. The predicted molar refractivity (Wildman–Crippen MR) is 131 cm³/mol. The minimum Gasteiger partial charge on any atom is -0.466 e. The molecule has 0 saturated heterocycles. The van der Waals surface area contributed by atoms with E-state index in [1.165, 1.54) is 6.07 Å². The fourth-order valence-electron chi connectivity index (χ4n) is 3.06. The standard InChI is InChI=1S/C22H23BrN4O6S/c23-15-5-7-16(8-6-15)24-19(28)11-12-20(29)32-13-3-1-2-4-14-34-18-10-9-17(27(30)31)21-22(18)26-33-25-21/h5-10H,1-4,11-14H2,(H,24,28). The Hall–Kier alpha value is -2.99. The van der Waals surface area contributed by atoms with Gasteiger partial charge in [-0.2, -0.15) is 0 Å². The Bertz CT molecular complexity index is 1140. The van der Waals surface area contributed by atoms with Gasteiger partial charge in [0.05, 0.1) is 18.0 Å². The molecule has 0 fully saturated rings. The van der Waals surface area contributed by atoms with Crippen LogP contribution in [-0.2, 0) is 14.3 Å². The second-order valence-electron chi connectivity index (χ2n) is 7.34. The number of carbonyl (C=O) groups is 2. The number of nitro benzene ring substituents is 1. The number of unbranched alkanes of at least 4 members (excludes halogenated alkanes) is 3. The number of non-ortho nitro benzene ring substituents is 1. The Morgan fingerprint density at radius 1 is 1.03 bits per heavy atom. The van der Waals surface area contributed by atoms with Gasteiger partial charge in [-0.3, -0.25) is 19.7 Å². The number of ether oxygens (including phenoxy) is 1. The van der Waals surface area contributed by atoms with Gasteiger partial charge >= 0.3 is 11.7 Å². The maximum absolute atomic E-state index is 11.9. The number of carbonyl (C=O) groups excluding carboxylic acids is 2. The number of benzene rings is 2. The van der Waals surface area contributed by atoms with E-state index in [2.05, 4.69) is 36.2 Å². The van der Waals surface area contributed by atoms with Crippen LogP contribution >= 0.6 is 27.7 Å². The maximum Gasteiger partial charge on any atom is 0.306 e. The summed E-state index contributed by atoms with van der Waals surface area (Å²) in [5.41, 5.74) is 1.11. The normalized spacial score (nSPS) is 10.9. The predicted octanol–water partition coefficient (Wildman–Crippen LogP) is 5.51. The molecule has 1 aromatic heterocycles. The number of nitro groups is 1. The van der Waals surface area contributed by atoms with Crippen LogP contribution in [0.4, 0.5) is 11.4 Å². The van der Waals surface area contributed by atoms with Gasteiger partial charge in [0.1, 0.15) is 0 Å². The zero-order valence-corrected chi connectivity index (χ0v) is 20.6. The third-order valence-electron chi connectivity index (χ3n) is 4.80. The molecule has 0 spiro atoms. The maximum atomic E-state index is 11.9. The average Bonchev–Trinajstić information content (AvgIpc) is 3.31. The summed E-state index contributed by atoms with van der Waals surface area (Å²) in [4.78, 5) is 35.0. The zero-order valence-electron chi connectivity index (χ0n) is 18.2. The molecule has 1 amide bonds. The molecule has 1 N–H and O–H groups in total. The quantitative estimate of drug-likeness (QED) is 0.0958. The van der Waals surface area contributed by atoms with Gasteiger partial charge < -0.3 is 10.1 Å². The van der Waals surface area contributed by atoms with E-state index in [0.29, 0.717) is 17.8 Å². The Morgan fingerprint density at radius 2 is 1.76 bits per heavy atom. The van der Waals surface area contributed by atoms with Gasteiger partial charge in [0.25, 0.3) is 0 Å². The lowest BCUT2D eigenvalue weighted by molar-refractivity contribution is -0.383. The SMILES string of the molecule is O=C(CCC(=O)OCCCCCCSc1ccc([N+](=O)[O-])c2nonc12)Nc1ccc(Br)cc1. The molecule has 12 heteroatoms. The molecule has 0 saturated carbocycles. The van der Waals surface area contributed by atoms with Crippen molar-refractivity contribution in [1.29, 1.82) is 0 Å². The highest BCUT2D eigenvalue weighted by atomic mass is 79.9. The second-order valence-corrected chi connectivity index (χ2v) is 9.39. The lowest BCUT2D eigenvalue weighted by atomic mass is 10.2. The van der Waals surface area contributed by atoms with E-state index in [9.17, 15) is 19.7 Å². The molecule has 0 atom stereocenters. The number of thioether (sulfide) groups is 1. The van der Waals surface area contributed by atoms with E-state index >= 15 is 0 Å². The number of nitrogens with zero attached hydrogens (tertiary/aromatic N) is 3. The minimum atomic E-state index is -0.507. The summed E-state index contributed by atoms with van der Waals surface area (Å²) in [5.74, 6) is 0.195. The monoisotopic (exact) mass is 550 g/mol. The largest absolute Gasteiger partial charge is 0.466 e. The zero-order chi connectivity index (χ0) is 24.3. The van der Waals surface area contributed by atoms with Crippen LogP contribution in [0, 0.1) is 10.1 Å². The number of aromatic nitrogens is 2. The van der Waals surface area contributed by atoms with Crippen LogP contribution in [0.5, 0.6) is 0 Å². The molecule has 10 nitrogen and oxygen atoms in total. The summed E-state index contributed by atoms with van der Waals surface area (Å²) in [6.07, 6.45) is 3.64. The van der Waals surface area contributed by atoms with Crippen molar-refractivity contribution in [2.45, 2.75) is 43.4 Å². The first kappa shape index (κ1) is 25.6. The van der Waals surface area contributed by atoms with Gasteiger partial charge in [-0.25, -0.2) is 4.63 Å². The summed E-state index contributed by atoms with van der Waals surface area (Å²) in [6, 6.07) is 10.3. The fourth-order valence-corrected chi connectivity index (χ4v) is 4.33. The number of halogens is 1. The minimum absolute atomic E-state index is 0.0413. The van der Waals surface area contributed by atoms with Gasteiger partial charge in [0.15, 0.2) is 5.52 Å². The lowest BCUT2D eigenvalue weighted by Crippen LogP contribution is -2.14. The lowest BCUT2D eigenvalue weighted by Gasteiger charge is -2.07. The highest BCUT2D eigenvalue weighted by Crippen LogP contribution is 2.32. The summed E-state index contributed by atoms with van der Waals surface area (Å²) in [7, 11) is 0. The Kier molecular flexibility index (Phi) is 9.83. The van der Waals surface area contributed by atoms with Crippen molar-refractivity contribution < 1.29 is 23.9 Å². The van der Waals surface area contributed by atoms with Crippen molar-refractivity contribution in [3.63, 3.8) is 0 Å². The molecule has 0 unspecified atom stereocenters. The van der Waals surface area contributed by atoms with Crippen LogP contribution in [-0.4, -0.2) is 39.5 Å². The molecule has 0 aliphatic rings. The number of esters is 1. The number of hydrogen-bond donors (Lipinski definition) is 1. The summed E-state index contributed by atoms with van der Waals surface area (Å²) >= 11 is 4.87.